The Hall–Kier alpha value is -2.90. The Labute approximate surface area is 168 Å². The van der Waals surface area contributed by atoms with E-state index in [1.54, 1.807) is 25.4 Å². The summed E-state index contributed by atoms with van der Waals surface area (Å²) >= 11 is 1.40. The van der Waals surface area contributed by atoms with Crippen molar-refractivity contribution in [1.82, 2.24) is 4.98 Å². The molecule has 2 heterocycles. The highest BCUT2D eigenvalue weighted by atomic mass is 32.1. The van der Waals surface area contributed by atoms with Gasteiger partial charge in [-0.2, -0.15) is 0 Å². The Morgan fingerprint density at radius 1 is 1.11 bits per heavy atom. The first kappa shape index (κ1) is 19.9. The van der Waals surface area contributed by atoms with Crippen molar-refractivity contribution < 1.29 is 19.0 Å². The third kappa shape index (κ3) is 5.09. The van der Waals surface area contributed by atoms with Crippen LogP contribution in [-0.2, 0) is 4.74 Å². The maximum Gasteiger partial charge on any atom is 0.269 e. The van der Waals surface area contributed by atoms with Gasteiger partial charge in [0.2, 0.25) is 5.88 Å². The molecule has 0 atom stereocenters. The smallest absolute Gasteiger partial charge is 0.269 e. The zero-order valence-electron chi connectivity index (χ0n) is 15.8. The number of ether oxygens (including phenoxy) is 3. The fourth-order valence-electron chi connectivity index (χ4n) is 2.50. The molecule has 0 bridgehead atoms. The van der Waals surface area contributed by atoms with Crippen LogP contribution < -0.4 is 14.8 Å². The minimum atomic E-state index is -0.231. The predicted octanol–water partition coefficient (Wildman–Crippen LogP) is 4.49. The number of aromatic nitrogens is 1. The van der Waals surface area contributed by atoms with E-state index in [1.807, 2.05) is 43.3 Å². The quantitative estimate of drug-likeness (QED) is 0.538. The molecule has 2 aromatic heterocycles. The van der Waals surface area contributed by atoms with Crippen molar-refractivity contribution in [1.29, 1.82) is 0 Å². The van der Waals surface area contributed by atoms with Crippen LogP contribution in [0.15, 0.2) is 54.7 Å². The van der Waals surface area contributed by atoms with Gasteiger partial charge < -0.3 is 19.5 Å². The number of benzene rings is 1. The molecule has 0 saturated carbocycles. The van der Waals surface area contributed by atoms with Gasteiger partial charge in [0.1, 0.15) is 17.2 Å². The van der Waals surface area contributed by atoms with Gasteiger partial charge >= 0.3 is 0 Å². The number of carbonyl (C=O) groups is 1. The van der Waals surface area contributed by atoms with Crippen LogP contribution in [0.3, 0.4) is 0 Å². The molecule has 3 rings (SSSR count). The largest absolute Gasteiger partial charge is 0.492 e. The van der Waals surface area contributed by atoms with Crippen LogP contribution in [0.1, 0.15) is 16.6 Å². The lowest BCUT2D eigenvalue weighted by atomic mass is 10.2. The van der Waals surface area contributed by atoms with E-state index in [9.17, 15) is 4.79 Å². The summed E-state index contributed by atoms with van der Waals surface area (Å²) in [7, 11) is 1.61. The van der Waals surface area contributed by atoms with Gasteiger partial charge in [0.05, 0.1) is 25.1 Å². The Morgan fingerprint density at radius 3 is 2.61 bits per heavy atom. The number of rotatable bonds is 9. The SMILES string of the molecule is CCOc1cc(-c2ccccc2)sc1C(=O)Nc1ccc(OCCOC)nc1. The maximum atomic E-state index is 12.8. The first-order valence-electron chi connectivity index (χ1n) is 8.92. The van der Waals surface area contributed by atoms with E-state index in [4.69, 9.17) is 14.2 Å². The molecule has 0 spiro atoms. The molecule has 6 nitrogen and oxygen atoms in total. The van der Waals surface area contributed by atoms with E-state index in [2.05, 4.69) is 10.3 Å². The van der Waals surface area contributed by atoms with E-state index in [0.29, 0.717) is 42.0 Å². The summed E-state index contributed by atoms with van der Waals surface area (Å²) in [6, 6.07) is 15.3. The average Bonchev–Trinajstić information content (AvgIpc) is 3.15. The minimum Gasteiger partial charge on any atom is -0.492 e. The zero-order valence-corrected chi connectivity index (χ0v) is 16.6. The van der Waals surface area contributed by atoms with Crippen molar-refractivity contribution in [2.45, 2.75) is 6.92 Å². The van der Waals surface area contributed by atoms with Crippen molar-refractivity contribution in [2.75, 3.05) is 32.2 Å². The number of pyridine rings is 1. The topological polar surface area (TPSA) is 69.7 Å². The van der Waals surface area contributed by atoms with Gasteiger partial charge in [0, 0.05) is 18.1 Å². The Bertz CT molecular complexity index is 895. The number of anilines is 1. The first-order chi connectivity index (χ1) is 13.7. The van der Waals surface area contributed by atoms with Gasteiger partial charge in [0.15, 0.2) is 0 Å². The third-order valence-electron chi connectivity index (χ3n) is 3.79. The van der Waals surface area contributed by atoms with Crippen molar-refractivity contribution in [3.8, 4) is 22.1 Å². The molecule has 0 aliphatic carbocycles. The van der Waals surface area contributed by atoms with Crippen LogP contribution in [0, 0.1) is 0 Å². The predicted molar refractivity (Wildman–Crippen MR) is 110 cm³/mol. The number of thiophene rings is 1. The third-order valence-corrected chi connectivity index (χ3v) is 4.96. The molecule has 1 N–H and O–H groups in total. The van der Waals surface area contributed by atoms with Crippen molar-refractivity contribution >= 4 is 22.9 Å². The zero-order chi connectivity index (χ0) is 19.8. The molecule has 3 aromatic rings. The fraction of sp³-hybridized carbons (Fsp3) is 0.238. The van der Waals surface area contributed by atoms with Crippen molar-refractivity contribution in [3.05, 3.63) is 59.6 Å². The molecule has 7 heteroatoms. The highest BCUT2D eigenvalue weighted by Gasteiger charge is 2.18. The van der Waals surface area contributed by atoms with Gasteiger partial charge in [-0.25, -0.2) is 4.98 Å². The number of nitrogens with zero attached hydrogens (tertiary/aromatic N) is 1. The lowest BCUT2D eigenvalue weighted by Crippen LogP contribution is -2.12. The monoisotopic (exact) mass is 398 g/mol. The van der Waals surface area contributed by atoms with Gasteiger partial charge in [-0.15, -0.1) is 11.3 Å². The molecule has 146 valence electrons. The van der Waals surface area contributed by atoms with Crippen LogP contribution in [0.5, 0.6) is 11.6 Å². The summed E-state index contributed by atoms with van der Waals surface area (Å²) in [5.41, 5.74) is 1.63. The Balaban J connectivity index is 1.73. The molecule has 1 amide bonds. The van der Waals surface area contributed by atoms with Gasteiger partial charge in [-0.05, 0) is 24.6 Å². The van der Waals surface area contributed by atoms with Gasteiger partial charge in [0.25, 0.3) is 5.91 Å². The Kier molecular flexibility index (Phi) is 7.00. The van der Waals surface area contributed by atoms with E-state index in [0.717, 1.165) is 10.4 Å². The van der Waals surface area contributed by atoms with Crippen LogP contribution in [-0.4, -0.2) is 37.8 Å². The Morgan fingerprint density at radius 2 is 1.93 bits per heavy atom. The number of methoxy groups -OCH3 is 1. The van der Waals surface area contributed by atoms with Gasteiger partial charge in [-0.1, -0.05) is 30.3 Å². The van der Waals surface area contributed by atoms with E-state index >= 15 is 0 Å². The summed E-state index contributed by atoms with van der Waals surface area (Å²) in [5.74, 6) is 0.828. The normalized spacial score (nSPS) is 10.5. The highest BCUT2D eigenvalue weighted by molar-refractivity contribution is 7.17. The lowest BCUT2D eigenvalue weighted by molar-refractivity contribution is 0.102. The summed E-state index contributed by atoms with van der Waals surface area (Å²) in [6.07, 6.45) is 1.56. The van der Waals surface area contributed by atoms with Crippen molar-refractivity contribution in [3.63, 3.8) is 0 Å². The summed E-state index contributed by atoms with van der Waals surface area (Å²) < 4.78 is 16.0. The van der Waals surface area contributed by atoms with Crippen LogP contribution in [0.25, 0.3) is 10.4 Å². The highest BCUT2D eigenvalue weighted by Crippen LogP contribution is 2.36. The molecule has 1 aromatic carbocycles. The molecule has 0 aliphatic heterocycles. The average molecular weight is 398 g/mol. The lowest BCUT2D eigenvalue weighted by Gasteiger charge is -2.08. The summed E-state index contributed by atoms with van der Waals surface area (Å²) in [4.78, 5) is 18.5. The minimum absolute atomic E-state index is 0.231. The number of nitrogens with one attached hydrogen (secondary N) is 1. The standard InChI is InChI=1S/C21H22N2O4S/c1-3-26-17-13-18(15-7-5-4-6-8-15)28-20(17)21(24)23-16-9-10-19(22-14-16)27-12-11-25-2/h4-10,13-14H,3,11-12H2,1-2H3,(H,23,24). The number of hydrogen-bond donors (Lipinski definition) is 1. The molecule has 0 radical (unpaired) electrons. The maximum absolute atomic E-state index is 12.8. The molecule has 0 aliphatic rings. The van der Waals surface area contributed by atoms with Crippen molar-refractivity contribution in [2.24, 2.45) is 0 Å². The molecular formula is C21H22N2O4S. The van der Waals surface area contributed by atoms with Crippen LogP contribution in [0.2, 0.25) is 0 Å². The summed E-state index contributed by atoms with van der Waals surface area (Å²) in [5, 5.41) is 2.87. The van der Waals surface area contributed by atoms with E-state index in [1.165, 1.54) is 11.3 Å². The molecule has 0 saturated heterocycles. The van der Waals surface area contributed by atoms with E-state index in [-0.39, 0.29) is 5.91 Å². The second-order valence-electron chi connectivity index (χ2n) is 5.78. The number of carbonyl (C=O) groups excluding carboxylic acids is 1. The molecule has 0 fully saturated rings. The van der Waals surface area contributed by atoms with Crippen LogP contribution >= 0.6 is 11.3 Å². The number of amides is 1. The van der Waals surface area contributed by atoms with Gasteiger partial charge in [-0.3, -0.25) is 4.79 Å². The molecule has 0 unspecified atom stereocenters. The van der Waals surface area contributed by atoms with Crippen LogP contribution in [0.4, 0.5) is 5.69 Å². The fourth-order valence-corrected chi connectivity index (χ4v) is 3.50. The number of hydrogen-bond acceptors (Lipinski definition) is 6. The molecule has 28 heavy (non-hydrogen) atoms. The summed E-state index contributed by atoms with van der Waals surface area (Å²) in [6.45, 7) is 3.29. The first-order valence-corrected chi connectivity index (χ1v) is 9.74. The van der Waals surface area contributed by atoms with E-state index < -0.39 is 0 Å². The second kappa shape index (κ2) is 9.87. The second-order valence-corrected chi connectivity index (χ2v) is 6.84. The molecular weight excluding hydrogens is 376 g/mol.